The maximum absolute atomic E-state index is 12.2. The molecule has 0 aromatic rings. The molecule has 0 heterocycles. The number of hydrogen-bond donors (Lipinski definition) is 0. The number of rotatable bonds is 5. The summed E-state index contributed by atoms with van der Waals surface area (Å²) in [6.07, 6.45) is -4.89. The van der Waals surface area contributed by atoms with Crippen molar-refractivity contribution in [2.45, 2.75) is 36.6 Å². The molecule has 0 rings (SSSR count). The van der Waals surface area contributed by atoms with E-state index in [1.54, 1.807) is 6.92 Å². The van der Waals surface area contributed by atoms with E-state index in [1.807, 2.05) is 6.07 Å². The van der Waals surface area contributed by atoms with Gasteiger partial charge in [-0.25, -0.2) is 0 Å². The molecule has 0 spiro atoms. The van der Waals surface area contributed by atoms with Gasteiger partial charge in [-0.3, -0.25) is 0 Å². The van der Waals surface area contributed by atoms with Gasteiger partial charge in [0.15, 0.2) is 0 Å². The molecule has 0 fully saturated rings. The first kappa shape index (κ1) is 16.8. The van der Waals surface area contributed by atoms with Crippen molar-refractivity contribution in [1.29, 1.82) is 5.26 Å². The lowest BCUT2D eigenvalue weighted by Crippen LogP contribution is -2.27. The molecule has 2 unspecified atom stereocenters. The van der Waals surface area contributed by atoms with Gasteiger partial charge in [0.05, 0.1) is 12.7 Å². The number of nitrogens with zero attached hydrogens (tertiary/aromatic N) is 1. The fourth-order valence-corrected chi connectivity index (χ4v) is 2.68. The average molecular weight is 306 g/mol. The molecule has 0 saturated heterocycles. The SMILES string of the molecule is CCOC(=S)SC(CC#N)CC(Cl)C(F)(F)F. The van der Waals surface area contributed by atoms with Gasteiger partial charge in [-0.2, -0.15) is 18.4 Å². The van der Waals surface area contributed by atoms with Crippen molar-refractivity contribution in [2.75, 3.05) is 6.61 Å². The molecule has 0 aliphatic rings. The monoisotopic (exact) mass is 305 g/mol. The zero-order valence-corrected chi connectivity index (χ0v) is 11.3. The molecule has 0 aliphatic carbocycles. The quantitative estimate of drug-likeness (QED) is 0.570. The van der Waals surface area contributed by atoms with Gasteiger partial charge in [0, 0.05) is 11.7 Å². The first-order valence-electron chi connectivity index (χ1n) is 4.72. The second-order valence-corrected chi connectivity index (χ2v) is 5.46. The van der Waals surface area contributed by atoms with E-state index in [0.717, 1.165) is 11.8 Å². The van der Waals surface area contributed by atoms with Crippen molar-refractivity contribution >= 4 is 40.0 Å². The molecule has 0 radical (unpaired) electrons. The van der Waals surface area contributed by atoms with Crippen LogP contribution < -0.4 is 0 Å². The van der Waals surface area contributed by atoms with Crippen LogP contribution in [0.2, 0.25) is 0 Å². The lowest BCUT2D eigenvalue weighted by molar-refractivity contribution is -0.131. The lowest BCUT2D eigenvalue weighted by atomic mass is 10.2. The van der Waals surface area contributed by atoms with Gasteiger partial charge in [0.25, 0.3) is 0 Å². The summed E-state index contributed by atoms with van der Waals surface area (Å²) in [5.74, 6) is 0. The van der Waals surface area contributed by atoms with Gasteiger partial charge in [-0.1, -0.05) is 11.8 Å². The fraction of sp³-hybridized carbons (Fsp3) is 0.778. The first-order valence-corrected chi connectivity index (χ1v) is 6.44. The summed E-state index contributed by atoms with van der Waals surface area (Å²) in [4.78, 5) is 0. The molecular formula is C9H11ClF3NOS2. The largest absolute Gasteiger partial charge is 0.479 e. The van der Waals surface area contributed by atoms with Crippen LogP contribution in [0.1, 0.15) is 19.8 Å². The van der Waals surface area contributed by atoms with E-state index in [0.29, 0.717) is 6.61 Å². The Balaban J connectivity index is 4.34. The van der Waals surface area contributed by atoms with Crippen molar-refractivity contribution in [3.63, 3.8) is 0 Å². The Morgan fingerprint density at radius 1 is 1.59 bits per heavy atom. The van der Waals surface area contributed by atoms with Crippen LogP contribution in [0.25, 0.3) is 0 Å². The Morgan fingerprint density at radius 2 is 2.18 bits per heavy atom. The van der Waals surface area contributed by atoms with E-state index in [1.165, 1.54) is 0 Å². The predicted octanol–water partition coefficient (Wildman–Crippen LogP) is 3.88. The number of ether oxygens (including phenoxy) is 1. The molecule has 98 valence electrons. The molecule has 0 aliphatic heterocycles. The maximum Gasteiger partial charge on any atom is 0.404 e. The number of thioether (sulfide) groups is 1. The maximum atomic E-state index is 12.2. The van der Waals surface area contributed by atoms with Crippen LogP contribution in [0.4, 0.5) is 13.2 Å². The molecule has 0 amide bonds. The standard InChI is InChI=1S/C9H11ClF3NOS2/c1-2-15-8(16)17-6(3-4-14)5-7(10)9(11,12)13/h6-7H,2-3,5H2,1H3. The minimum absolute atomic E-state index is 0.0584. The van der Waals surface area contributed by atoms with E-state index in [-0.39, 0.29) is 17.2 Å². The van der Waals surface area contributed by atoms with Gasteiger partial charge >= 0.3 is 6.18 Å². The molecule has 17 heavy (non-hydrogen) atoms. The summed E-state index contributed by atoms with van der Waals surface area (Å²) in [6, 6.07) is 1.81. The van der Waals surface area contributed by atoms with E-state index < -0.39 is 16.8 Å². The Hall–Kier alpha value is -0.190. The first-order chi connectivity index (χ1) is 7.81. The Morgan fingerprint density at radius 3 is 2.59 bits per heavy atom. The number of halogens is 4. The third kappa shape index (κ3) is 7.68. The lowest BCUT2D eigenvalue weighted by Gasteiger charge is -2.19. The summed E-state index contributed by atoms with van der Waals surface area (Å²) in [7, 11) is 0. The molecule has 0 aromatic heterocycles. The zero-order chi connectivity index (χ0) is 13.5. The van der Waals surface area contributed by atoms with Gasteiger partial charge in [-0.05, 0) is 25.6 Å². The van der Waals surface area contributed by atoms with Crippen molar-refractivity contribution in [1.82, 2.24) is 0 Å². The van der Waals surface area contributed by atoms with Crippen molar-refractivity contribution in [3.8, 4) is 6.07 Å². The smallest absolute Gasteiger partial charge is 0.404 e. The minimum Gasteiger partial charge on any atom is -0.479 e. The average Bonchev–Trinajstić information content (AvgIpc) is 2.16. The van der Waals surface area contributed by atoms with Crippen molar-refractivity contribution in [2.24, 2.45) is 0 Å². The highest BCUT2D eigenvalue weighted by Crippen LogP contribution is 2.32. The van der Waals surface area contributed by atoms with Crippen LogP contribution in [0.3, 0.4) is 0 Å². The van der Waals surface area contributed by atoms with E-state index in [2.05, 4.69) is 0 Å². The van der Waals surface area contributed by atoms with Gasteiger partial charge in [0.1, 0.15) is 5.38 Å². The summed E-state index contributed by atoms with van der Waals surface area (Å²) >= 11 is 11.0. The number of nitriles is 1. The highest BCUT2D eigenvalue weighted by Gasteiger charge is 2.39. The van der Waals surface area contributed by atoms with Gasteiger partial charge in [-0.15, -0.1) is 11.6 Å². The summed E-state index contributed by atoms with van der Waals surface area (Å²) in [5.41, 5.74) is 0. The van der Waals surface area contributed by atoms with E-state index >= 15 is 0 Å². The summed E-state index contributed by atoms with van der Waals surface area (Å²) < 4.78 is 41.8. The van der Waals surface area contributed by atoms with Crippen LogP contribution in [0.15, 0.2) is 0 Å². The minimum atomic E-state index is -4.47. The molecule has 0 saturated carbocycles. The second kappa shape index (κ2) is 8.01. The number of alkyl halides is 4. The molecule has 0 aromatic carbocycles. The van der Waals surface area contributed by atoms with Crippen LogP contribution in [0.5, 0.6) is 0 Å². The van der Waals surface area contributed by atoms with Crippen molar-refractivity contribution in [3.05, 3.63) is 0 Å². The van der Waals surface area contributed by atoms with Crippen LogP contribution >= 0.6 is 35.6 Å². The van der Waals surface area contributed by atoms with E-state index in [9.17, 15) is 13.2 Å². The van der Waals surface area contributed by atoms with Crippen molar-refractivity contribution < 1.29 is 17.9 Å². The van der Waals surface area contributed by atoms with E-state index in [4.69, 9.17) is 33.8 Å². The van der Waals surface area contributed by atoms with Gasteiger partial charge < -0.3 is 4.74 Å². The normalized spacial score (nSPS) is 14.8. The number of hydrogen-bond acceptors (Lipinski definition) is 4. The highest BCUT2D eigenvalue weighted by molar-refractivity contribution is 8.23. The molecule has 0 bridgehead atoms. The van der Waals surface area contributed by atoms with Crippen LogP contribution in [-0.4, -0.2) is 27.8 Å². The Labute approximate surface area is 112 Å². The highest BCUT2D eigenvalue weighted by atomic mass is 35.5. The zero-order valence-electron chi connectivity index (χ0n) is 8.96. The number of thiocarbonyl (C=S) groups is 1. The second-order valence-electron chi connectivity index (χ2n) is 3.03. The van der Waals surface area contributed by atoms with Crippen LogP contribution in [0, 0.1) is 11.3 Å². The Kier molecular flexibility index (Phi) is 7.92. The third-order valence-electron chi connectivity index (χ3n) is 1.67. The Bertz CT molecular complexity index is 293. The topological polar surface area (TPSA) is 33.0 Å². The fourth-order valence-electron chi connectivity index (χ4n) is 0.927. The summed E-state index contributed by atoms with van der Waals surface area (Å²) in [6.45, 7) is 2.06. The summed E-state index contributed by atoms with van der Waals surface area (Å²) in [5, 5.41) is 5.94. The van der Waals surface area contributed by atoms with Crippen LogP contribution in [-0.2, 0) is 4.74 Å². The molecular weight excluding hydrogens is 295 g/mol. The van der Waals surface area contributed by atoms with Gasteiger partial charge in [0.2, 0.25) is 4.38 Å². The molecule has 8 heteroatoms. The molecule has 2 nitrogen and oxygen atoms in total. The predicted molar refractivity (Wildman–Crippen MR) is 66.1 cm³/mol. The molecule has 2 atom stereocenters. The molecule has 0 N–H and O–H groups in total. The third-order valence-corrected chi connectivity index (χ3v) is 3.50.